The molecule has 1 saturated carbocycles. The number of hydrogen-bond donors (Lipinski definition) is 0. The van der Waals surface area contributed by atoms with E-state index in [1.807, 2.05) is 0 Å². The summed E-state index contributed by atoms with van der Waals surface area (Å²) in [4.78, 5) is 4.49. The lowest BCUT2D eigenvalue weighted by atomic mass is 9.89. The molecule has 1 aromatic rings. The van der Waals surface area contributed by atoms with E-state index in [9.17, 15) is 0 Å². The molecule has 4 nitrogen and oxygen atoms in total. The van der Waals surface area contributed by atoms with Crippen LogP contribution in [0.3, 0.4) is 0 Å². The standard InChI is InChI=1S/C13H19N3OS/c14-8-4-5-9-18-10-12-15-13(17-16-12)11-6-2-1-3-7-11/h11H,1-7,9-10H2. The summed E-state index contributed by atoms with van der Waals surface area (Å²) in [6.45, 7) is 0. The van der Waals surface area contributed by atoms with Gasteiger partial charge in [-0.25, -0.2) is 0 Å². The molecule has 0 aromatic carbocycles. The van der Waals surface area contributed by atoms with Gasteiger partial charge in [0.2, 0.25) is 5.89 Å². The fraction of sp³-hybridized carbons (Fsp3) is 0.769. The van der Waals surface area contributed by atoms with E-state index in [2.05, 4.69) is 16.2 Å². The SMILES string of the molecule is N#CCCCSCc1noc(C2CCCCC2)n1. The molecule has 0 spiro atoms. The van der Waals surface area contributed by atoms with Crippen molar-refractivity contribution < 1.29 is 4.52 Å². The summed E-state index contributed by atoms with van der Waals surface area (Å²) >= 11 is 1.77. The van der Waals surface area contributed by atoms with Gasteiger partial charge in [0.05, 0.1) is 11.8 Å². The molecule has 0 amide bonds. The summed E-state index contributed by atoms with van der Waals surface area (Å²) in [6.07, 6.45) is 7.86. The fourth-order valence-electron chi connectivity index (χ4n) is 2.26. The third kappa shape index (κ3) is 4.02. The smallest absolute Gasteiger partial charge is 0.229 e. The van der Waals surface area contributed by atoms with Crippen molar-refractivity contribution in [2.75, 3.05) is 5.75 Å². The van der Waals surface area contributed by atoms with E-state index in [4.69, 9.17) is 9.78 Å². The second-order valence-electron chi connectivity index (χ2n) is 4.70. The number of thioether (sulfide) groups is 1. The zero-order valence-electron chi connectivity index (χ0n) is 10.6. The van der Waals surface area contributed by atoms with Crippen molar-refractivity contribution in [2.24, 2.45) is 0 Å². The lowest BCUT2D eigenvalue weighted by Gasteiger charge is -2.17. The van der Waals surface area contributed by atoms with Crippen LogP contribution < -0.4 is 0 Å². The number of unbranched alkanes of at least 4 members (excludes halogenated alkanes) is 1. The second kappa shape index (κ2) is 7.42. The molecule has 18 heavy (non-hydrogen) atoms. The second-order valence-corrected chi connectivity index (χ2v) is 5.80. The van der Waals surface area contributed by atoms with Crippen LogP contribution in [-0.4, -0.2) is 15.9 Å². The predicted octanol–water partition coefficient (Wildman–Crippen LogP) is 3.65. The lowest BCUT2D eigenvalue weighted by molar-refractivity contribution is 0.312. The summed E-state index contributed by atoms with van der Waals surface area (Å²) in [7, 11) is 0. The fourth-order valence-corrected chi connectivity index (χ4v) is 3.05. The summed E-state index contributed by atoms with van der Waals surface area (Å²) < 4.78 is 5.36. The van der Waals surface area contributed by atoms with E-state index in [1.165, 1.54) is 32.1 Å². The van der Waals surface area contributed by atoms with E-state index < -0.39 is 0 Å². The van der Waals surface area contributed by atoms with E-state index in [0.717, 1.165) is 29.6 Å². The molecule has 98 valence electrons. The number of aromatic nitrogens is 2. The Labute approximate surface area is 112 Å². The Kier molecular flexibility index (Phi) is 5.53. The molecule has 0 aliphatic heterocycles. The van der Waals surface area contributed by atoms with Crippen molar-refractivity contribution in [3.8, 4) is 6.07 Å². The molecule has 0 saturated heterocycles. The van der Waals surface area contributed by atoms with E-state index >= 15 is 0 Å². The highest BCUT2D eigenvalue weighted by Gasteiger charge is 2.21. The maximum Gasteiger partial charge on any atom is 0.229 e. The molecule has 0 N–H and O–H groups in total. The Morgan fingerprint density at radius 1 is 1.33 bits per heavy atom. The van der Waals surface area contributed by atoms with Gasteiger partial charge in [-0.1, -0.05) is 24.4 Å². The number of nitriles is 1. The van der Waals surface area contributed by atoms with E-state index in [0.29, 0.717) is 12.3 Å². The van der Waals surface area contributed by atoms with Crippen LogP contribution in [-0.2, 0) is 5.75 Å². The van der Waals surface area contributed by atoms with Crippen LogP contribution in [0.1, 0.15) is 62.6 Å². The Morgan fingerprint density at radius 2 is 2.17 bits per heavy atom. The van der Waals surface area contributed by atoms with Crippen LogP contribution in [0.5, 0.6) is 0 Å². The molecule has 1 fully saturated rings. The first kappa shape index (κ1) is 13.4. The lowest BCUT2D eigenvalue weighted by Crippen LogP contribution is -2.04. The average Bonchev–Trinajstić information content (AvgIpc) is 2.88. The van der Waals surface area contributed by atoms with Gasteiger partial charge >= 0.3 is 0 Å². The van der Waals surface area contributed by atoms with Crippen LogP contribution in [0.2, 0.25) is 0 Å². The molecule has 0 bridgehead atoms. The van der Waals surface area contributed by atoms with Crippen LogP contribution in [0, 0.1) is 11.3 Å². The molecule has 2 rings (SSSR count). The molecular formula is C13H19N3OS. The van der Waals surface area contributed by atoms with Crippen molar-refractivity contribution in [1.29, 1.82) is 5.26 Å². The van der Waals surface area contributed by atoms with Gasteiger partial charge in [-0.15, -0.1) is 0 Å². The minimum absolute atomic E-state index is 0.489. The van der Waals surface area contributed by atoms with Crippen LogP contribution >= 0.6 is 11.8 Å². The number of hydrogen-bond acceptors (Lipinski definition) is 5. The first-order valence-corrected chi connectivity index (χ1v) is 7.83. The topological polar surface area (TPSA) is 62.7 Å². The van der Waals surface area contributed by atoms with Gasteiger partial charge in [-0.05, 0) is 25.0 Å². The monoisotopic (exact) mass is 265 g/mol. The average molecular weight is 265 g/mol. The highest BCUT2D eigenvalue weighted by atomic mass is 32.2. The van der Waals surface area contributed by atoms with Crippen molar-refractivity contribution in [3.05, 3.63) is 11.7 Å². The maximum absolute atomic E-state index is 8.43. The largest absolute Gasteiger partial charge is 0.339 e. The van der Waals surface area contributed by atoms with Gasteiger partial charge in [0.15, 0.2) is 5.82 Å². The summed E-state index contributed by atoms with van der Waals surface area (Å²) in [5.74, 6) is 3.91. The van der Waals surface area contributed by atoms with E-state index in [1.54, 1.807) is 11.8 Å². The number of nitrogens with zero attached hydrogens (tertiary/aromatic N) is 3. The molecule has 1 aromatic heterocycles. The zero-order chi connectivity index (χ0) is 12.6. The van der Waals surface area contributed by atoms with E-state index in [-0.39, 0.29) is 0 Å². The Hall–Kier alpha value is -1.02. The predicted molar refractivity (Wildman–Crippen MR) is 71.1 cm³/mol. The third-order valence-corrected chi connectivity index (χ3v) is 4.29. The van der Waals surface area contributed by atoms with Gasteiger partial charge in [0, 0.05) is 12.3 Å². The molecule has 0 radical (unpaired) electrons. The molecule has 0 unspecified atom stereocenters. The molecule has 1 aliphatic rings. The highest BCUT2D eigenvalue weighted by molar-refractivity contribution is 7.98. The summed E-state index contributed by atoms with van der Waals surface area (Å²) in [6, 6.07) is 2.15. The van der Waals surface area contributed by atoms with Crippen molar-refractivity contribution in [3.63, 3.8) is 0 Å². The van der Waals surface area contributed by atoms with Gasteiger partial charge in [-0.2, -0.15) is 22.0 Å². The first-order valence-electron chi connectivity index (χ1n) is 6.67. The minimum Gasteiger partial charge on any atom is -0.339 e. The van der Waals surface area contributed by atoms with Crippen LogP contribution in [0.25, 0.3) is 0 Å². The molecule has 0 atom stereocenters. The highest BCUT2D eigenvalue weighted by Crippen LogP contribution is 2.31. The molecular weight excluding hydrogens is 246 g/mol. The molecule has 1 heterocycles. The van der Waals surface area contributed by atoms with Gasteiger partial charge in [-0.3, -0.25) is 0 Å². The maximum atomic E-state index is 8.43. The Bertz CT molecular complexity index is 393. The van der Waals surface area contributed by atoms with Crippen molar-refractivity contribution in [1.82, 2.24) is 10.1 Å². The van der Waals surface area contributed by atoms with Crippen LogP contribution in [0.4, 0.5) is 0 Å². The van der Waals surface area contributed by atoms with Crippen LogP contribution in [0.15, 0.2) is 4.52 Å². The zero-order valence-corrected chi connectivity index (χ0v) is 11.4. The first-order chi connectivity index (χ1) is 8.90. The summed E-state index contributed by atoms with van der Waals surface area (Å²) in [5, 5.41) is 12.5. The van der Waals surface area contributed by atoms with Gasteiger partial charge < -0.3 is 4.52 Å². The normalized spacial score (nSPS) is 16.6. The van der Waals surface area contributed by atoms with Crippen molar-refractivity contribution >= 4 is 11.8 Å². The summed E-state index contributed by atoms with van der Waals surface area (Å²) in [5.41, 5.74) is 0. The minimum atomic E-state index is 0.489. The Balaban J connectivity index is 1.74. The van der Waals surface area contributed by atoms with Gasteiger partial charge in [0.1, 0.15) is 0 Å². The number of rotatable bonds is 6. The Morgan fingerprint density at radius 3 is 2.94 bits per heavy atom. The third-order valence-electron chi connectivity index (χ3n) is 3.25. The quantitative estimate of drug-likeness (QED) is 0.734. The van der Waals surface area contributed by atoms with Crippen molar-refractivity contribution in [2.45, 2.75) is 56.6 Å². The van der Waals surface area contributed by atoms with Gasteiger partial charge in [0.25, 0.3) is 0 Å². The molecule has 5 heteroatoms. The molecule has 1 aliphatic carbocycles.